The maximum Gasteiger partial charge on any atom is 0.223 e. The summed E-state index contributed by atoms with van der Waals surface area (Å²) >= 11 is 0. The Balaban J connectivity index is 1.68. The molecule has 0 saturated heterocycles. The Morgan fingerprint density at radius 3 is 2.48 bits per heavy atom. The molecular weight excluding hydrogens is 318 g/mol. The van der Waals surface area contributed by atoms with Crippen LogP contribution >= 0.6 is 0 Å². The quantitative estimate of drug-likeness (QED) is 0.906. The summed E-state index contributed by atoms with van der Waals surface area (Å²) in [6.07, 6.45) is 2.07. The van der Waals surface area contributed by atoms with Gasteiger partial charge in [0.2, 0.25) is 5.91 Å². The highest BCUT2D eigenvalue weighted by Crippen LogP contribution is 2.33. The number of benzene rings is 1. The Bertz CT molecular complexity index is 763. The number of nitrogens with one attached hydrogen (secondary N) is 1. The minimum Gasteiger partial charge on any atom is -0.493 e. The van der Waals surface area contributed by atoms with Crippen molar-refractivity contribution in [2.75, 3.05) is 20.8 Å². The van der Waals surface area contributed by atoms with Gasteiger partial charge in [-0.1, -0.05) is 0 Å². The third-order valence-corrected chi connectivity index (χ3v) is 4.94. The molecular formula is C19H25N3O3. The summed E-state index contributed by atoms with van der Waals surface area (Å²) in [7, 11) is 3.27. The fourth-order valence-corrected chi connectivity index (χ4v) is 3.43. The van der Waals surface area contributed by atoms with E-state index in [1.807, 2.05) is 30.9 Å². The first-order chi connectivity index (χ1) is 12.0. The molecule has 3 rings (SSSR count). The third kappa shape index (κ3) is 3.48. The number of nitrogens with zero attached hydrogens (tertiary/aromatic N) is 2. The summed E-state index contributed by atoms with van der Waals surface area (Å²) in [4.78, 5) is 14.6. The number of aryl methyl sites for hydroxylation is 2. The minimum atomic E-state index is 0.181. The molecule has 0 unspecified atom stereocenters. The van der Waals surface area contributed by atoms with Gasteiger partial charge in [-0.05, 0) is 55.5 Å². The minimum absolute atomic E-state index is 0.181. The molecule has 0 atom stereocenters. The Morgan fingerprint density at radius 1 is 1.20 bits per heavy atom. The molecule has 1 aromatic heterocycles. The first-order valence-corrected chi connectivity index (χ1v) is 8.55. The zero-order chi connectivity index (χ0) is 18.0. The topological polar surface area (TPSA) is 67.5 Å². The van der Waals surface area contributed by atoms with Gasteiger partial charge < -0.3 is 14.4 Å². The molecule has 0 fully saturated rings. The van der Waals surface area contributed by atoms with Crippen LogP contribution in [0.25, 0.3) is 0 Å². The van der Waals surface area contributed by atoms with E-state index in [0.717, 1.165) is 47.7 Å². The van der Waals surface area contributed by atoms with Gasteiger partial charge in [-0.15, -0.1) is 0 Å². The van der Waals surface area contributed by atoms with Crippen LogP contribution < -0.4 is 9.47 Å². The van der Waals surface area contributed by atoms with Crippen molar-refractivity contribution < 1.29 is 14.3 Å². The Hall–Kier alpha value is -2.50. The van der Waals surface area contributed by atoms with Crippen molar-refractivity contribution in [1.29, 1.82) is 0 Å². The van der Waals surface area contributed by atoms with E-state index in [0.29, 0.717) is 18.7 Å². The van der Waals surface area contributed by atoms with Gasteiger partial charge in [0.15, 0.2) is 11.5 Å². The van der Waals surface area contributed by atoms with E-state index < -0.39 is 0 Å². The molecule has 2 heterocycles. The lowest BCUT2D eigenvalue weighted by molar-refractivity contribution is -0.132. The number of rotatable bonds is 5. The largest absolute Gasteiger partial charge is 0.493 e. The average molecular weight is 343 g/mol. The maximum atomic E-state index is 12.6. The van der Waals surface area contributed by atoms with Crippen LogP contribution in [-0.2, 0) is 24.2 Å². The lowest BCUT2D eigenvalue weighted by Crippen LogP contribution is -2.36. The lowest BCUT2D eigenvalue weighted by Gasteiger charge is -2.29. The number of fused-ring (bicyclic) bond motifs is 1. The van der Waals surface area contributed by atoms with E-state index in [1.54, 1.807) is 14.2 Å². The van der Waals surface area contributed by atoms with Crippen LogP contribution in [0, 0.1) is 13.8 Å². The summed E-state index contributed by atoms with van der Waals surface area (Å²) in [5, 5.41) is 7.17. The van der Waals surface area contributed by atoms with Crippen LogP contribution in [0.4, 0.5) is 0 Å². The molecule has 0 bridgehead atoms. The van der Waals surface area contributed by atoms with Gasteiger partial charge in [-0.3, -0.25) is 9.89 Å². The van der Waals surface area contributed by atoms with Crippen molar-refractivity contribution in [1.82, 2.24) is 15.1 Å². The highest BCUT2D eigenvalue weighted by Gasteiger charge is 2.23. The number of carbonyl (C=O) groups is 1. The van der Waals surface area contributed by atoms with Crippen LogP contribution in [0.15, 0.2) is 12.1 Å². The van der Waals surface area contributed by atoms with Gasteiger partial charge in [0.05, 0.1) is 19.9 Å². The van der Waals surface area contributed by atoms with Crippen LogP contribution in [-0.4, -0.2) is 41.8 Å². The molecule has 0 saturated carbocycles. The number of hydrogen-bond donors (Lipinski definition) is 1. The van der Waals surface area contributed by atoms with Crippen molar-refractivity contribution in [3.8, 4) is 11.5 Å². The summed E-state index contributed by atoms with van der Waals surface area (Å²) < 4.78 is 10.7. The molecule has 1 aliphatic rings. The first kappa shape index (κ1) is 17.3. The molecule has 134 valence electrons. The number of aromatic amines is 1. The second kappa shape index (κ2) is 7.17. The molecule has 0 radical (unpaired) electrons. The van der Waals surface area contributed by atoms with Gasteiger partial charge in [-0.25, -0.2) is 0 Å². The summed E-state index contributed by atoms with van der Waals surface area (Å²) in [5.74, 6) is 1.63. The summed E-state index contributed by atoms with van der Waals surface area (Å²) in [6.45, 7) is 5.33. The van der Waals surface area contributed by atoms with Crippen molar-refractivity contribution in [3.05, 3.63) is 40.2 Å². The fourth-order valence-electron chi connectivity index (χ4n) is 3.43. The number of methoxy groups -OCH3 is 2. The van der Waals surface area contributed by atoms with Gasteiger partial charge >= 0.3 is 0 Å². The van der Waals surface area contributed by atoms with Crippen molar-refractivity contribution in [2.24, 2.45) is 0 Å². The second-order valence-corrected chi connectivity index (χ2v) is 6.45. The molecule has 1 aromatic carbocycles. The van der Waals surface area contributed by atoms with E-state index in [9.17, 15) is 4.79 Å². The maximum absolute atomic E-state index is 12.6. The van der Waals surface area contributed by atoms with Crippen LogP contribution in [0.5, 0.6) is 11.5 Å². The zero-order valence-electron chi connectivity index (χ0n) is 15.3. The van der Waals surface area contributed by atoms with Crippen molar-refractivity contribution >= 4 is 5.91 Å². The fraction of sp³-hybridized carbons (Fsp3) is 0.474. The normalized spacial score (nSPS) is 13.5. The number of H-pyrrole nitrogens is 1. The summed E-state index contributed by atoms with van der Waals surface area (Å²) in [5.41, 5.74) is 5.53. The molecule has 25 heavy (non-hydrogen) atoms. The number of aromatic nitrogens is 2. The average Bonchev–Trinajstić information content (AvgIpc) is 2.95. The van der Waals surface area contributed by atoms with Gasteiger partial charge in [0.1, 0.15) is 0 Å². The molecule has 1 aliphatic heterocycles. The molecule has 2 aromatic rings. The third-order valence-electron chi connectivity index (χ3n) is 4.94. The molecule has 6 nitrogen and oxygen atoms in total. The highest BCUT2D eigenvalue weighted by molar-refractivity contribution is 5.77. The second-order valence-electron chi connectivity index (χ2n) is 6.45. The SMILES string of the molecule is COc1cc2c(cc1OC)CN(C(=O)CCc1c(C)n[nH]c1C)CC2. The number of carbonyl (C=O) groups excluding carboxylic acids is 1. The summed E-state index contributed by atoms with van der Waals surface area (Å²) in [6, 6.07) is 4.01. The smallest absolute Gasteiger partial charge is 0.223 e. The van der Waals surface area contributed by atoms with E-state index >= 15 is 0 Å². The van der Waals surface area contributed by atoms with E-state index in [4.69, 9.17) is 9.47 Å². The van der Waals surface area contributed by atoms with E-state index in [1.165, 1.54) is 5.56 Å². The van der Waals surface area contributed by atoms with E-state index in [2.05, 4.69) is 10.2 Å². The molecule has 0 spiro atoms. The molecule has 1 amide bonds. The van der Waals surface area contributed by atoms with Crippen LogP contribution in [0.3, 0.4) is 0 Å². The van der Waals surface area contributed by atoms with Gasteiger partial charge in [0, 0.05) is 25.2 Å². The number of ether oxygens (including phenoxy) is 2. The first-order valence-electron chi connectivity index (χ1n) is 8.55. The monoisotopic (exact) mass is 343 g/mol. The van der Waals surface area contributed by atoms with Crippen molar-refractivity contribution in [3.63, 3.8) is 0 Å². The Kier molecular flexibility index (Phi) is 4.97. The Morgan fingerprint density at radius 2 is 1.88 bits per heavy atom. The Labute approximate surface area is 148 Å². The molecule has 6 heteroatoms. The predicted octanol–water partition coefficient (Wildman–Crippen LogP) is 2.56. The lowest BCUT2D eigenvalue weighted by atomic mass is 9.98. The van der Waals surface area contributed by atoms with Gasteiger partial charge in [-0.2, -0.15) is 5.10 Å². The highest BCUT2D eigenvalue weighted by atomic mass is 16.5. The number of hydrogen-bond acceptors (Lipinski definition) is 4. The standard InChI is InChI=1S/C19H25N3O3/c1-12-16(13(2)21-20-12)5-6-19(23)22-8-7-14-9-17(24-3)18(25-4)10-15(14)11-22/h9-10H,5-8,11H2,1-4H3,(H,20,21). The van der Waals surface area contributed by atoms with Crippen LogP contribution in [0.2, 0.25) is 0 Å². The predicted molar refractivity (Wildman–Crippen MR) is 95.0 cm³/mol. The van der Waals surface area contributed by atoms with Gasteiger partial charge in [0.25, 0.3) is 0 Å². The van der Waals surface area contributed by atoms with Crippen LogP contribution in [0.1, 0.15) is 34.5 Å². The molecule has 0 aliphatic carbocycles. The van der Waals surface area contributed by atoms with Crippen molar-refractivity contribution in [2.45, 2.75) is 39.7 Å². The number of amides is 1. The molecule has 1 N–H and O–H groups in total. The zero-order valence-corrected chi connectivity index (χ0v) is 15.3. The van der Waals surface area contributed by atoms with E-state index in [-0.39, 0.29) is 5.91 Å².